The van der Waals surface area contributed by atoms with Gasteiger partial charge in [-0.25, -0.2) is 4.79 Å². The van der Waals surface area contributed by atoms with Gasteiger partial charge >= 0.3 is 11.9 Å². The van der Waals surface area contributed by atoms with E-state index in [0.717, 1.165) is 0 Å². The van der Waals surface area contributed by atoms with E-state index >= 15 is 0 Å². The topological polar surface area (TPSA) is 52.6 Å². The minimum Gasteiger partial charge on any atom is -0.462 e. The molecule has 0 spiro atoms. The molecule has 0 aromatic heterocycles. The predicted octanol–water partition coefficient (Wildman–Crippen LogP) is 2.80. The van der Waals surface area contributed by atoms with Gasteiger partial charge in [0.2, 0.25) is 6.10 Å². The largest absolute Gasteiger partial charge is 0.462 e. The Labute approximate surface area is 114 Å². The van der Waals surface area contributed by atoms with Gasteiger partial charge in [0.05, 0.1) is 6.61 Å². The molecule has 1 aromatic carbocycles. The number of hydrogen-bond donors (Lipinski definition) is 0. The molecule has 1 rings (SSSR count). The molecule has 102 valence electrons. The minimum atomic E-state index is -1.11. The summed E-state index contributed by atoms with van der Waals surface area (Å²) in [6.07, 6.45) is -1.79. The Morgan fingerprint density at radius 3 is 2.47 bits per heavy atom. The van der Waals surface area contributed by atoms with Gasteiger partial charge in [-0.15, -0.1) is 6.58 Å². The Morgan fingerprint density at radius 1 is 1.32 bits per heavy atom. The Balaban J connectivity index is 2.76. The van der Waals surface area contributed by atoms with Gasteiger partial charge in [0, 0.05) is 20.3 Å². The van der Waals surface area contributed by atoms with Crippen molar-refractivity contribution < 1.29 is 20.4 Å². The highest BCUT2D eigenvalue weighted by atomic mass is 16.6. The van der Waals surface area contributed by atoms with Crippen LogP contribution in [-0.2, 0) is 19.1 Å². The Morgan fingerprint density at radius 2 is 1.95 bits per heavy atom. The van der Waals surface area contributed by atoms with Crippen LogP contribution >= 0.6 is 0 Å². The number of carbonyl (C=O) groups is 2. The molecule has 0 aliphatic rings. The molecular formula is C15H18O4. The van der Waals surface area contributed by atoms with Crippen LogP contribution in [0.5, 0.6) is 0 Å². The van der Waals surface area contributed by atoms with Crippen LogP contribution in [0.4, 0.5) is 0 Å². The maximum Gasteiger partial charge on any atom is 0.352 e. The van der Waals surface area contributed by atoms with Gasteiger partial charge in [0.15, 0.2) is 0 Å². The average molecular weight is 263 g/mol. The van der Waals surface area contributed by atoms with Crippen LogP contribution in [0, 0.1) is 0 Å². The average Bonchev–Trinajstić information content (AvgIpc) is 2.42. The van der Waals surface area contributed by atoms with Crippen LogP contribution in [0.25, 0.3) is 0 Å². The first-order valence-electron chi connectivity index (χ1n) is 6.46. The first kappa shape index (κ1) is 13.3. The second kappa shape index (κ2) is 7.36. The van der Waals surface area contributed by atoms with Crippen molar-refractivity contribution >= 4 is 11.9 Å². The van der Waals surface area contributed by atoms with E-state index in [2.05, 4.69) is 6.58 Å². The highest BCUT2D eigenvalue weighted by Crippen LogP contribution is 2.19. The Bertz CT molecular complexity index is 484. The SMILES string of the molecule is [2H][C@@H](COC(=O)[C@H](OC(C)=O)c1ccccc1)C(=C)C. The molecule has 0 amide bonds. The van der Waals surface area contributed by atoms with Gasteiger partial charge in [0.25, 0.3) is 0 Å². The molecule has 0 heterocycles. The number of rotatable bonds is 6. The predicted molar refractivity (Wildman–Crippen MR) is 71.3 cm³/mol. The fourth-order valence-electron chi connectivity index (χ4n) is 1.39. The molecule has 0 aliphatic carbocycles. The summed E-state index contributed by atoms with van der Waals surface area (Å²) in [6, 6.07) is 8.61. The third kappa shape index (κ3) is 5.38. The fraction of sp³-hybridized carbons (Fsp3) is 0.333. The molecule has 4 heteroatoms. The zero-order valence-electron chi connectivity index (χ0n) is 12.1. The standard InChI is InChI=1S/C15H18O4/c1-11(2)9-10-18-15(17)14(19-12(3)16)13-7-5-4-6-8-13/h4-8,14H,1,9-10H2,2-3H3/t14-/m1/s1/i9D/t9-,14+/m0. The molecular weight excluding hydrogens is 244 g/mol. The summed E-state index contributed by atoms with van der Waals surface area (Å²) in [6.45, 7) is 6.42. The van der Waals surface area contributed by atoms with E-state index in [1.807, 2.05) is 0 Å². The van der Waals surface area contributed by atoms with Gasteiger partial charge < -0.3 is 9.47 Å². The van der Waals surface area contributed by atoms with Crippen molar-refractivity contribution in [2.24, 2.45) is 0 Å². The molecule has 0 saturated carbocycles. The molecule has 19 heavy (non-hydrogen) atoms. The van der Waals surface area contributed by atoms with E-state index in [0.29, 0.717) is 11.1 Å². The number of ether oxygens (including phenoxy) is 2. The molecule has 0 bridgehead atoms. The van der Waals surface area contributed by atoms with Crippen molar-refractivity contribution in [2.75, 3.05) is 6.61 Å². The van der Waals surface area contributed by atoms with Crippen molar-refractivity contribution in [3.05, 3.63) is 48.0 Å². The second-order valence-corrected chi connectivity index (χ2v) is 4.08. The lowest BCUT2D eigenvalue weighted by Gasteiger charge is -2.16. The van der Waals surface area contributed by atoms with Crippen LogP contribution < -0.4 is 0 Å². The lowest BCUT2D eigenvalue weighted by molar-refractivity contribution is -0.167. The summed E-state index contributed by atoms with van der Waals surface area (Å²) in [7, 11) is 0. The maximum atomic E-state index is 12.0. The normalized spacial score (nSPS) is 13.9. The zero-order chi connectivity index (χ0) is 15.1. The van der Waals surface area contributed by atoms with Crippen molar-refractivity contribution in [3.8, 4) is 0 Å². The molecule has 0 aliphatic heterocycles. The van der Waals surface area contributed by atoms with Gasteiger partial charge in [-0.05, 0) is 6.92 Å². The van der Waals surface area contributed by atoms with E-state index in [9.17, 15) is 9.59 Å². The van der Waals surface area contributed by atoms with Gasteiger partial charge in [-0.1, -0.05) is 35.9 Å². The monoisotopic (exact) mass is 263 g/mol. The van der Waals surface area contributed by atoms with E-state index in [4.69, 9.17) is 10.8 Å². The summed E-state index contributed by atoms with van der Waals surface area (Å²) >= 11 is 0. The van der Waals surface area contributed by atoms with Crippen LogP contribution in [0.1, 0.15) is 33.3 Å². The van der Waals surface area contributed by atoms with Crippen LogP contribution in [-0.4, -0.2) is 18.5 Å². The minimum absolute atomic E-state index is 0.112. The van der Waals surface area contributed by atoms with Crippen molar-refractivity contribution in [1.82, 2.24) is 0 Å². The Hall–Kier alpha value is -2.10. The van der Waals surface area contributed by atoms with E-state index < -0.39 is 24.4 Å². The third-order valence-corrected chi connectivity index (χ3v) is 2.26. The number of carbonyl (C=O) groups excluding carboxylic acids is 2. The van der Waals surface area contributed by atoms with Crippen LogP contribution in [0.3, 0.4) is 0 Å². The Kier molecular flexibility index (Phi) is 5.17. The molecule has 0 N–H and O–H groups in total. The molecule has 4 nitrogen and oxygen atoms in total. The quantitative estimate of drug-likeness (QED) is 0.585. The van der Waals surface area contributed by atoms with E-state index in [1.165, 1.54) is 6.92 Å². The first-order valence-corrected chi connectivity index (χ1v) is 5.88. The van der Waals surface area contributed by atoms with Crippen molar-refractivity contribution in [1.29, 1.82) is 0 Å². The fourth-order valence-corrected chi connectivity index (χ4v) is 1.39. The number of esters is 2. The molecule has 0 fully saturated rings. The highest BCUT2D eigenvalue weighted by molar-refractivity contribution is 5.80. The molecule has 1 aromatic rings. The summed E-state index contributed by atoms with van der Waals surface area (Å²) in [5.41, 5.74) is 1.13. The third-order valence-electron chi connectivity index (χ3n) is 2.26. The van der Waals surface area contributed by atoms with Crippen LogP contribution in [0.15, 0.2) is 42.5 Å². The number of hydrogen-bond acceptors (Lipinski definition) is 4. The lowest BCUT2D eigenvalue weighted by Crippen LogP contribution is -2.21. The first-order chi connectivity index (χ1) is 9.41. The summed E-state index contributed by atoms with van der Waals surface area (Å²) in [5.74, 6) is -1.26. The summed E-state index contributed by atoms with van der Waals surface area (Å²) in [4.78, 5) is 23.1. The maximum absolute atomic E-state index is 12.0. The van der Waals surface area contributed by atoms with Crippen molar-refractivity contribution in [2.45, 2.75) is 26.3 Å². The molecule has 0 radical (unpaired) electrons. The number of benzene rings is 1. The molecule has 2 atom stereocenters. The van der Waals surface area contributed by atoms with Gasteiger partial charge in [-0.3, -0.25) is 4.79 Å². The highest BCUT2D eigenvalue weighted by Gasteiger charge is 2.25. The smallest absolute Gasteiger partial charge is 0.352 e. The van der Waals surface area contributed by atoms with Crippen LogP contribution in [0.2, 0.25) is 0 Å². The lowest BCUT2D eigenvalue weighted by atomic mass is 10.1. The van der Waals surface area contributed by atoms with Crippen molar-refractivity contribution in [3.63, 3.8) is 0 Å². The molecule has 0 unspecified atom stereocenters. The van der Waals surface area contributed by atoms with E-state index in [1.54, 1.807) is 37.3 Å². The zero-order valence-corrected chi connectivity index (χ0v) is 11.1. The summed E-state index contributed by atoms with van der Waals surface area (Å²) < 4.78 is 17.6. The molecule has 0 saturated heterocycles. The summed E-state index contributed by atoms with van der Waals surface area (Å²) in [5, 5.41) is 0. The van der Waals surface area contributed by atoms with Gasteiger partial charge in [-0.2, -0.15) is 0 Å². The second-order valence-electron chi connectivity index (χ2n) is 4.08. The van der Waals surface area contributed by atoms with E-state index in [-0.39, 0.29) is 6.61 Å². The van der Waals surface area contributed by atoms with Gasteiger partial charge in [0.1, 0.15) is 0 Å².